The van der Waals surface area contributed by atoms with Gasteiger partial charge in [-0.15, -0.1) is 0 Å². The van der Waals surface area contributed by atoms with E-state index in [4.69, 9.17) is 7.85 Å². The summed E-state index contributed by atoms with van der Waals surface area (Å²) < 4.78 is 1.71. The van der Waals surface area contributed by atoms with Gasteiger partial charge in [-0.3, -0.25) is 4.57 Å². The van der Waals surface area contributed by atoms with Crippen molar-refractivity contribution in [2.24, 2.45) is 0 Å². The molecular formula is C38H25BN2O2. The molecule has 0 saturated heterocycles. The first-order chi connectivity index (χ1) is 21.0. The zero-order chi connectivity index (χ0) is 29.1. The molecule has 2 radical (unpaired) electrons. The third-order valence-corrected chi connectivity index (χ3v) is 8.25. The van der Waals surface area contributed by atoms with E-state index >= 15 is 0 Å². The summed E-state index contributed by atoms with van der Waals surface area (Å²) in [7, 11) is 5.79. The lowest BCUT2D eigenvalue weighted by Crippen LogP contribution is -2.29. The smallest absolute Gasteiger partial charge is 0.171 e. The predicted molar refractivity (Wildman–Crippen MR) is 176 cm³/mol. The van der Waals surface area contributed by atoms with Gasteiger partial charge < -0.3 is 10.2 Å². The molecule has 8 rings (SSSR count). The molecule has 1 heterocycles. The van der Waals surface area contributed by atoms with Gasteiger partial charge >= 0.3 is 0 Å². The van der Waals surface area contributed by atoms with Crippen LogP contribution in [-0.4, -0.2) is 27.6 Å². The van der Waals surface area contributed by atoms with Crippen molar-refractivity contribution in [2.45, 2.75) is 5.69 Å². The fourth-order valence-electron chi connectivity index (χ4n) is 6.43. The molecule has 0 unspecified atom stereocenters. The zero-order valence-electron chi connectivity index (χ0n) is 23.1. The second kappa shape index (κ2) is 9.67. The van der Waals surface area contributed by atoms with Gasteiger partial charge in [-0.05, 0) is 84.9 Å². The van der Waals surface area contributed by atoms with E-state index in [0.717, 1.165) is 43.9 Å². The molecule has 0 spiro atoms. The Balaban J connectivity index is 1.42. The lowest BCUT2D eigenvalue weighted by molar-refractivity contribution is -0.0985. The van der Waals surface area contributed by atoms with Crippen LogP contribution in [0.4, 0.5) is 0 Å². The summed E-state index contributed by atoms with van der Waals surface area (Å²) in [4.78, 5) is 4.47. The Labute approximate surface area is 249 Å². The number of aromatic nitrogens is 2. The second-order valence-electron chi connectivity index (χ2n) is 10.9. The van der Waals surface area contributed by atoms with Gasteiger partial charge in [-0.25, -0.2) is 4.98 Å². The maximum absolute atomic E-state index is 10.5. The van der Waals surface area contributed by atoms with Crippen molar-refractivity contribution < 1.29 is 10.2 Å². The van der Waals surface area contributed by atoms with Crippen molar-refractivity contribution in [3.63, 3.8) is 0 Å². The number of para-hydroxylation sites is 2. The average Bonchev–Trinajstić information content (AvgIpc) is 3.44. The number of nitrogens with zero attached hydrogens (tertiary/aromatic N) is 2. The minimum absolute atomic E-state index is 0.0489. The Hall–Kier alpha value is -5.23. The maximum atomic E-state index is 10.5. The van der Waals surface area contributed by atoms with Gasteiger partial charge in [0.15, 0.2) is 19.4 Å². The summed E-state index contributed by atoms with van der Waals surface area (Å²) >= 11 is 0. The van der Waals surface area contributed by atoms with Gasteiger partial charge in [0.25, 0.3) is 0 Å². The second-order valence-corrected chi connectivity index (χ2v) is 10.9. The topological polar surface area (TPSA) is 58.3 Å². The Kier molecular flexibility index (Phi) is 5.73. The molecule has 0 bridgehead atoms. The summed E-state index contributed by atoms with van der Waals surface area (Å²) in [6.07, 6.45) is 0. The minimum Gasteiger partial charge on any atom is -0.368 e. The standard InChI is InChI=1S/C38H25BN2O2/c39-38(42,43)37-40-33-18-7-8-19-34(33)41(37)28-13-9-12-26(23-28)35-29-14-3-5-16-31(29)36(32-17-6-4-15-30(32)35)27-21-20-24-10-1-2-11-25(24)22-27/h1-23,42-43H. The van der Waals surface area contributed by atoms with Gasteiger partial charge in [0, 0.05) is 5.69 Å². The molecule has 0 aliphatic carbocycles. The van der Waals surface area contributed by atoms with Crippen molar-refractivity contribution in [1.29, 1.82) is 0 Å². The summed E-state index contributed by atoms with van der Waals surface area (Å²) in [5.74, 6) is -0.0489. The molecule has 0 aliphatic rings. The van der Waals surface area contributed by atoms with Gasteiger partial charge in [-0.2, -0.15) is 0 Å². The number of benzene rings is 7. The quantitative estimate of drug-likeness (QED) is 0.132. The number of aliphatic hydroxyl groups is 2. The highest BCUT2D eigenvalue weighted by atomic mass is 16.5. The third-order valence-electron chi connectivity index (χ3n) is 8.25. The van der Waals surface area contributed by atoms with Crippen molar-refractivity contribution >= 4 is 51.2 Å². The molecule has 0 aliphatic heterocycles. The van der Waals surface area contributed by atoms with E-state index in [1.807, 2.05) is 36.4 Å². The lowest BCUT2D eigenvalue weighted by Gasteiger charge is -2.20. The molecule has 2 N–H and O–H groups in total. The summed E-state index contributed by atoms with van der Waals surface area (Å²) in [5.41, 5.74) is 3.94. The SMILES string of the molecule is [B]C(O)(O)c1nc2ccccc2n1-c1cccc(-c2c3ccccc3c(-c3ccc4ccccc4c3)c3ccccc23)c1. The Bertz CT molecular complexity index is 2290. The monoisotopic (exact) mass is 552 g/mol. The van der Waals surface area contributed by atoms with Gasteiger partial charge in [0.05, 0.1) is 11.0 Å². The molecule has 202 valence electrons. The summed E-state index contributed by atoms with van der Waals surface area (Å²) in [6, 6.07) is 47.8. The highest BCUT2D eigenvalue weighted by molar-refractivity contribution is 6.21. The molecule has 43 heavy (non-hydrogen) atoms. The molecule has 8 aromatic rings. The molecule has 0 atom stereocenters. The van der Waals surface area contributed by atoms with Crippen LogP contribution in [0, 0.1) is 0 Å². The Morgan fingerprint density at radius 2 is 1.09 bits per heavy atom. The van der Waals surface area contributed by atoms with Gasteiger partial charge in [0.1, 0.15) is 0 Å². The molecule has 0 fully saturated rings. The van der Waals surface area contributed by atoms with Crippen molar-refractivity contribution in [3.8, 4) is 27.9 Å². The summed E-state index contributed by atoms with van der Waals surface area (Å²) in [6.45, 7) is 0. The van der Waals surface area contributed by atoms with Crippen LogP contribution in [-0.2, 0) is 5.69 Å². The van der Waals surface area contributed by atoms with E-state index in [1.54, 1.807) is 4.57 Å². The highest BCUT2D eigenvalue weighted by Gasteiger charge is 2.27. The Morgan fingerprint density at radius 1 is 0.535 bits per heavy atom. The van der Waals surface area contributed by atoms with Crippen LogP contribution < -0.4 is 0 Å². The van der Waals surface area contributed by atoms with Crippen molar-refractivity contribution in [3.05, 3.63) is 145 Å². The maximum Gasteiger partial charge on any atom is 0.171 e. The van der Waals surface area contributed by atoms with Crippen molar-refractivity contribution in [2.75, 3.05) is 0 Å². The molecule has 7 aromatic carbocycles. The van der Waals surface area contributed by atoms with E-state index in [2.05, 4.69) is 108 Å². The first-order valence-electron chi connectivity index (χ1n) is 14.2. The first-order valence-corrected chi connectivity index (χ1v) is 14.2. The molecule has 5 heteroatoms. The predicted octanol–water partition coefficient (Wildman–Crippen LogP) is 8.08. The Morgan fingerprint density at radius 3 is 1.74 bits per heavy atom. The zero-order valence-corrected chi connectivity index (χ0v) is 23.1. The van der Waals surface area contributed by atoms with E-state index in [9.17, 15) is 10.2 Å². The fraction of sp³-hybridized carbons (Fsp3) is 0.0263. The minimum atomic E-state index is -2.62. The number of hydrogen-bond donors (Lipinski definition) is 2. The first kappa shape index (κ1) is 25.5. The number of rotatable bonds is 4. The normalized spacial score (nSPS) is 12.0. The van der Waals surface area contributed by atoms with Crippen LogP contribution in [0.2, 0.25) is 0 Å². The van der Waals surface area contributed by atoms with Crippen LogP contribution in [0.15, 0.2) is 140 Å². The van der Waals surface area contributed by atoms with Crippen LogP contribution in [0.3, 0.4) is 0 Å². The molecule has 4 nitrogen and oxygen atoms in total. The molecular weight excluding hydrogens is 527 g/mol. The van der Waals surface area contributed by atoms with Crippen LogP contribution >= 0.6 is 0 Å². The number of fused-ring (bicyclic) bond motifs is 4. The van der Waals surface area contributed by atoms with Crippen molar-refractivity contribution in [1.82, 2.24) is 9.55 Å². The van der Waals surface area contributed by atoms with Crippen LogP contribution in [0.1, 0.15) is 5.82 Å². The van der Waals surface area contributed by atoms with Gasteiger partial charge in [0.2, 0.25) is 0 Å². The molecule has 0 amide bonds. The van der Waals surface area contributed by atoms with Crippen LogP contribution in [0.5, 0.6) is 0 Å². The third kappa shape index (κ3) is 4.13. The van der Waals surface area contributed by atoms with E-state index < -0.39 is 5.69 Å². The summed E-state index contributed by atoms with van der Waals surface area (Å²) in [5, 5.41) is 27.9. The van der Waals surface area contributed by atoms with Gasteiger partial charge in [-0.1, -0.05) is 109 Å². The largest absolute Gasteiger partial charge is 0.368 e. The molecule has 1 aromatic heterocycles. The fourth-order valence-corrected chi connectivity index (χ4v) is 6.43. The number of hydrogen-bond acceptors (Lipinski definition) is 3. The number of imidazole rings is 1. The van der Waals surface area contributed by atoms with E-state index in [1.165, 1.54) is 21.9 Å². The van der Waals surface area contributed by atoms with Crippen LogP contribution in [0.25, 0.3) is 71.3 Å². The molecule has 0 saturated carbocycles. The van der Waals surface area contributed by atoms with E-state index in [0.29, 0.717) is 5.52 Å². The van der Waals surface area contributed by atoms with E-state index in [-0.39, 0.29) is 5.82 Å². The lowest BCUT2D eigenvalue weighted by atomic mass is 9.85. The average molecular weight is 552 g/mol. The highest BCUT2D eigenvalue weighted by Crippen LogP contribution is 2.44.